The largest absolute Gasteiger partial charge is 0.330 e. The standard InChI is InChI=1S/C4H12N2.Cu/c5-3-1-2-4-6;/h1-6H2;. The van der Waals surface area contributed by atoms with Crippen LogP contribution in [-0.4, -0.2) is 13.1 Å². The van der Waals surface area contributed by atoms with Crippen molar-refractivity contribution in [3.05, 3.63) is 0 Å². The molecule has 0 aromatic carbocycles. The molecule has 0 saturated carbocycles. The van der Waals surface area contributed by atoms with Crippen LogP contribution in [0.5, 0.6) is 0 Å². The number of unbranched alkanes of at least 4 members (excludes halogenated alkanes) is 1. The predicted octanol–water partition coefficient (Wildman–Crippen LogP) is -0.318. The summed E-state index contributed by atoms with van der Waals surface area (Å²) < 4.78 is 0. The minimum Gasteiger partial charge on any atom is -0.330 e. The van der Waals surface area contributed by atoms with Crippen LogP contribution in [0.25, 0.3) is 0 Å². The molecule has 0 spiro atoms. The van der Waals surface area contributed by atoms with Gasteiger partial charge in [0.2, 0.25) is 0 Å². The number of rotatable bonds is 3. The van der Waals surface area contributed by atoms with E-state index in [-0.39, 0.29) is 17.1 Å². The molecule has 1 radical (unpaired) electrons. The fraction of sp³-hybridized carbons (Fsp3) is 1.00. The molecule has 0 aliphatic rings. The topological polar surface area (TPSA) is 52.0 Å². The van der Waals surface area contributed by atoms with Gasteiger partial charge in [-0.25, -0.2) is 0 Å². The van der Waals surface area contributed by atoms with Crippen LogP contribution in [-0.2, 0) is 17.1 Å². The smallest absolute Gasteiger partial charge is 0 e. The van der Waals surface area contributed by atoms with E-state index in [0.29, 0.717) is 0 Å². The second-order valence-electron chi connectivity index (χ2n) is 1.28. The van der Waals surface area contributed by atoms with Crippen molar-refractivity contribution in [2.24, 2.45) is 11.5 Å². The number of hydrogen-bond donors (Lipinski definition) is 2. The monoisotopic (exact) mass is 151 g/mol. The zero-order valence-corrected chi connectivity index (χ0v) is 5.23. The first-order valence-electron chi connectivity index (χ1n) is 2.32. The molecule has 0 bridgehead atoms. The molecule has 0 aliphatic heterocycles. The summed E-state index contributed by atoms with van der Waals surface area (Å²) in [6.45, 7) is 1.55. The van der Waals surface area contributed by atoms with Crippen LogP contribution in [0.15, 0.2) is 0 Å². The summed E-state index contributed by atoms with van der Waals surface area (Å²) in [6, 6.07) is 0. The normalized spacial score (nSPS) is 7.71. The Morgan fingerprint density at radius 1 is 0.857 bits per heavy atom. The van der Waals surface area contributed by atoms with Crippen molar-refractivity contribution in [2.45, 2.75) is 12.8 Å². The van der Waals surface area contributed by atoms with E-state index in [2.05, 4.69) is 0 Å². The Hall–Kier alpha value is 0.439. The third kappa shape index (κ3) is 10.7. The van der Waals surface area contributed by atoms with Gasteiger partial charge < -0.3 is 11.5 Å². The maximum Gasteiger partial charge on any atom is 0 e. The van der Waals surface area contributed by atoms with E-state index in [1.54, 1.807) is 0 Å². The van der Waals surface area contributed by atoms with E-state index in [1.807, 2.05) is 0 Å². The molecule has 0 rings (SSSR count). The Balaban J connectivity index is 0. The molecule has 0 aromatic rings. The molecular weight excluding hydrogens is 140 g/mol. The van der Waals surface area contributed by atoms with Gasteiger partial charge >= 0.3 is 0 Å². The van der Waals surface area contributed by atoms with Gasteiger partial charge in [0.1, 0.15) is 0 Å². The summed E-state index contributed by atoms with van der Waals surface area (Å²) in [5, 5.41) is 0. The van der Waals surface area contributed by atoms with Crippen LogP contribution in [0.4, 0.5) is 0 Å². The van der Waals surface area contributed by atoms with Crippen LogP contribution in [0.2, 0.25) is 0 Å². The van der Waals surface area contributed by atoms with E-state index < -0.39 is 0 Å². The minimum atomic E-state index is 0. The van der Waals surface area contributed by atoms with E-state index in [1.165, 1.54) is 0 Å². The first-order valence-corrected chi connectivity index (χ1v) is 2.32. The fourth-order valence-electron chi connectivity index (χ4n) is 0.289. The van der Waals surface area contributed by atoms with E-state index in [0.717, 1.165) is 25.9 Å². The Kier molecular flexibility index (Phi) is 14.4. The molecule has 0 aromatic heterocycles. The quantitative estimate of drug-likeness (QED) is 0.429. The molecule has 0 aliphatic carbocycles. The van der Waals surface area contributed by atoms with Gasteiger partial charge in [-0.3, -0.25) is 0 Å². The van der Waals surface area contributed by atoms with Gasteiger partial charge in [-0.15, -0.1) is 0 Å². The molecule has 0 amide bonds. The Labute approximate surface area is 55.1 Å². The van der Waals surface area contributed by atoms with E-state index in [4.69, 9.17) is 11.5 Å². The van der Waals surface area contributed by atoms with Crippen LogP contribution in [0.1, 0.15) is 12.8 Å². The second kappa shape index (κ2) is 9.67. The maximum atomic E-state index is 5.16. The molecule has 4 N–H and O–H groups in total. The Bertz CT molecular complexity index is 21.7. The molecule has 0 saturated heterocycles. The van der Waals surface area contributed by atoms with Crippen molar-refractivity contribution in [1.29, 1.82) is 0 Å². The van der Waals surface area contributed by atoms with E-state index >= 15 is 0 Å². The Morgan fingerprint density at radius 2 is 1.14 bits per heavy atom. The fourth-order valence-corrected chi connectivity index (χ4v) is 0.289. The van der Waals surface area contributed by atoms with Crippen molar-refractivity contribution >= 4 is 0 Å². The van der Waals surface area contributed by atoms with Crippen molar-refractivity contribution < 1.29 is 17.1 Å². The SMILES string of the molecule is NCCCCN.[Cu]. The summed E-state index contributed by atoms with van der Waals surface area (Å²) in [7, 11) is 0. The third-order valence-electron chi connectivity index (χ3n) is 0.658. The van der Waals surface area contributed by atoms with Gasteiger partial charge in [0, 0.05) is 17.1 Å². The number of hydrogen-bond acceptors (Lipinski definition) is 2. The van der Waals surface area contributed by atoms with Crippen molar-refractivity contribution in [3.8, 4) is 0 Å². The average Bonchev–Trinajstić information content (AvgIpc) is 1.61. The van der Waals surface area contributed by atoms with Gasteiger partial charge in [0.15, 0.2) is 0 Å². The molecule has 0 atom stereocenters. The second-order valence-corrected chi connectivity index (χ2v) is 1.28. The van der Waals surface area contributed by atoms with Crippen LogP contribution >= 0.6 is 0 Å². The summed E-state index contributed by atoms with van der Waals surface area (Å²) in [5.41, 5.74) is 10.3. The summed E-state index contributed by atoms with van der Waals surface area (Å²) >= 11 is 0. The minimum absolute atomic E-state index is 0. The predicted molar refractivity (Wildman–Crippen MR) is 27.3 cm³/mol. The zero-order valence-electron chi connectivity index (χ0n) is 4.28. The molecule has 0 heterocycles. The third-order valence-corrected chi connectivity index (χ3v) is 0.658. The molecule has 49 valence electrons. The van der Waals surface area contributed by atoms with Gasteiger partial charge in [-0.2, -0.15) is 0 Å². The zero-order chi connectivity index (χ0) is 4.83. The Morgan fingerprint density at radius 3 is 1.29 bits per heavy atom. The van der Waals surface area contributed by atoms with Gasteiger partial charge in [0.05, 0.1) is 0 Å². The number of nitrogens with two attached hydrogens (primary N) is 2. The van der Waals surface area contributed by atoms with Crippen LogP contribution in [0, 0.1) is 0 Å². The maximum absolute atomic E-state index is 5.16. The summed E-state index contributed by atoms with van der Waals surface area (Å²) in [5.74, 6) is 0. The van der Waals surface area contributed by atoms with E-state index in [9.17, 15) is 0 Å². The van der Waals surface area contributed by atoms with Crippen LogP contribution in [0.3, 0.4) is 0 Å². The summed E-state index contributed by atoms with van der Waals surface area (Å²) in [4.78, 5) is 0. The van der Waals surface area contributed by atoms with Gasteiger partial charge in [0.25, 0.3) is 0 Å². The molecule has 3 heteroatoms. The van der Waals surface area contributed by atoms with Gasteiger partial charge in [-0.05, 0) is 25.9 Å². The molecule has 2 nitrogen and oxygen atoms in total. The molecule has 0 fully saturated rings. The molecule has 7 heavy (non-hydrogen) atoms. The molecule has 0 unspecified atom stereocenters. The van der Waals surface area contributed by atoms with Crippen molar-refractivity contribution in [2.75, 3.05) is 13.1 Å². The van der Waals surface area contributed by atoms with Crippen molar-refractivity contribution in [3.63, 3.8) is 0 Å². The average molecular weight is 152 g/mol. The van der Waals surface area contributed by atoms with Crippen molar-refractivity contribution in [1.82, 2.24) is 0 Å². The summed E-state index contributed by atoms with van der Waals surface area (Å²) in [6.07, 6.45) is 2.13. The first-order chi connectivity index (χ1) is 2.91. The van der Waals surface area contributed by atoms with Gasteiger partial charge in [-0.1, -0.05) is 0 Å². The molecular formula is C4H12CuN2. The first kappa shape index (κ1) is 10.4. The van der Waals surface area contributed by atoms with Crippen LogP contribution < -0.4 is 11.5 Å².